The number of aromatic amines is 1. The van der Waals surface area contributed by atoms with Gasteiger partial charge in [0.1, 0.15) is 22.8 Å². The molecule has 3 aromatic heterocycles. The lowest BCUT2D eigenvalue weighted by molar-refractivity contribution is 0.810. The fourth-order valence-electron chi connectivity index (χ4n) is 2.36. The Morgan fingerprint density at radius 3 is 3.00 bits per heavy atom. The molecular formula is C15H13N5S. The van der Waals surface area contributed by atoms with Gasteiger partial charge in [0.25, 0.3) is 0 Å². The van der Waals surface area contributed by atoms with E-state index < -0.39 is 0 Å². The number of fused-ring (bicyclic) bond motifs is 2. The van der Waals surface area contributed by atoms with Crippen LogP contribution in [0.15, 0.2) is 42.0 Å². The number of imidazole rings is 1. The number of hydrogen-bond acceptors (Lipinski definition) is 5. The van der Waals surface area contributed by atoms with Crippen LogP contribution in [0.3, 0.4) is 0 Å². The second-order valence-electron chi connectivity index (χ2n) is 4.87. The molecule has 0 saturated heterocycles. The SMILES string of the molecule is C[C@H](Nc1ncnc2sccc12)c1nc2ccccc2[nH]1. The standard InChI is InChI=1S/C15H13N5S/c1-9(13-19-11-4-2-3-5-12(11)20-13)18-14-10-6-7-21-15(10)17-8-16-14/h2-9H,1H3,(H,19,20)(H,16,17,18)/t9-/m0/s1. The lowest BCUT2D eigenvalue weighted by Gasteiger charge is -2.12. The van der Waals surface area contributed by atoms with Gasteiger partial charge in [-0.2, -0.15) is 0 Å². The molecule has 6 heteroatoms. The van der Waals surface area contributed by atoms with E-state index in [9.17, 15) is 0 Å². The molecule has 0 aliphatic carbocycles. The Labute approximate surface area is 125 Å². The molecule has 4 rings (SSSR count). The van der Waals surface area contributed by atoms with Gasteiger partial charge in [-0.15, -0.1) is 11.3 Å². The van der Waals surface area contributed by atoms with Gasteiger partial charge in [0.05, 0.1) is 22.5 Å². The molecule has 1 atom stereocenters. The minimum Gasteiger partial charge on any atom is -0.360 e. The van der Waals surface area contributed by atoms with Crippen molar-refractivity contribution >= 4 is 38.4 Å². The van der Waals surface area contributed by atoms with Crippen LogP contribution >= 0.6 is 11.3 Å². The minimum absolute atomic E-state index is 0.0374. The van der Waals surface area contributed by atoms with Crippen LogP contribution in [-0.4, -0.2) is 19.9 Å². The zero-order valence-electron chi connectivity index (χ0n) is 11.4. The molecule has 104 valence electrons. The number of thiophene rings is 1. The molecule has 1 aromatic carbocycles. The third-order valence-electron chi connectivity index (χ3n) is 3.43. The summed E-state index contributed by atoms with van der Waals surface area (Å²) < 4.78 is 0. The normalized spacial score (nSPS) is 12.8. The zero-order valence-corrected chi connectivity index (χ0v) is 12.2. The highest BCUT2D eigenvalue weighted by atomic mass is 32.1. The van der Waals surface area contributed by atoms with Crippen LogP contribution in [-0.2, 0) is 0 Å². The smallest absolute Gasteiger partial charge is 0.138 e. The maximum atomic E-state index is 4.62. The number of anilines is 1. The molecular weight excluding hydrogens is 282 g/mol. The van der Waals surface area contributed by atoms with Crippen molar-refractivity contribution in [2.45, 2.75) is 13.0 Å². The molecule has 0 radical (unpaired) electrons. The summed E-state index contributed by atoms with van der Waals surface area (Å²) in [6.45, 7) is 2.07. The van der Waals surface area contributed by atoms with Crippen molar-refractivity contribution in [1.29, 1.82) is 0 Å². The summed E-state index contributed by atoms with van der Waals surface area (Å²) in [5.41, 5.74) is 2.02. The molecule has 0 unspecified atom stereocenters. The van der Waals surface area contributed by atoms with Gasteiger partial charge >= 0.3 is 0 Å². The van der Waals surface area contributed by atoms with E-state index in [1.165, 1.54) is 0 Å². The predicted octanol–water partition coefficient (Wildman–Crippen LogP) is 3.74. The Balaban J connectivity index is 1.68. The number of hydrogen-bond donors (Lipinski definition) is 2. The lowest BCUT2D eigenvalue weighted by Crippen LogP contribution is -2.09. The third-order valence-corrected chi connectivity index (χ3v) is 4.25. The van der Waals surface area contributed by atoms with Crippen molar-refractivity contribution in [2.24, 2.45) is 0 Å². The minimum atomic E-state index is 0.0374. The van der Waals surface area contributed by atoms with Crippen molar-refractivity contribution in [3.63, 3.8) is 0 Å². The molecule has 21 heavy (non-hydrogen) atoms. The summed E-state index contributed by atoms with van der Waals surface area (Å²) in [6.07, 6.45) is 1.59. The Morgan fingerprint density at radius 2 is 2.10 bits per heavy atom. The van der Waals surface area contributed by atoms with E-state index in [0.29, 0.717) is 0 Å². The molecule has 3 heterocycles. The topological polar surface area (TPSA) is 66.5 Å². The van der Waals surface area contributed by atoms with Gasteiger partial charge in [-0.3, -0.25) is 0 Å². The molecule has 4 aromatic rings. The lowest BCUT2D eigenvalue weighted by atomic mass is 10.3. The van der Waals surface area contributed by atoms with E-state index >= 15 is 0 Å². The second-order valence-corrected chi connectivity index (χ2v) is 5.76. The maximum Gasteiger partial charge on any atom is 0.138 e. The van der Waals surface area contributed by atoms with Gasteiger partial charge in [0, 0.05) is 0 Å². The summed E-state index contributed by atoms with van der Waals surface area (Å²) in [4.78, 5) is 17.6. The number of nitrogens with zero attached hydrogens (tertiary/aromatic N) is 3. The Kier molecular flexibility index (Phi) is 2.82. The number of H-pyrrole nitrogens is 1. The summed E-state index contributed by atoms with van der Waals surface area (Å²) in [7, 11) is 0. The maximum absolute atomic E-state index is 4.62. The quantitative estimate of drug-likeness (QED) is 0.604. The number of benzene rings is 1. The van der Waals surface area contributed by atoms with E-state index in [1.54, 1.807) is 17.7 Å². The number of nitrogens with one attached hydrogen (secondary N) is 2. The summed E-state index contributed by atoms with van der Waals surface area (Å²) in [5, 5.41) is 6.48. The van der Waals surface area contributed by atoms with Crippen LogP contribution < -0.4 is 5.32 Å². The van der Waals surface area contributed by atoms with Gasteiger partial charge in [0.15, 0.2) is 0 Å². The molecule has 0 fully saturated rings. The zero-order chi connectivity index (χ0) is 14.2. The van der Waals surface area contributed by atoms with Gasteiger partial charge in [-0.25, -0.2) is 15.0 Å². The van der Waals surface area contributed by atoms with Crippen LogP contribution in [0.1, 0.15) is 18.8 Å². The van der Waals surface area contributed by atoms with Crippen LogP contribution in [0.25, 0.3) is 21.3 Å². The average molecular weight is 295 g/mol. The largest absolute Gasteiger partial charge is 0.360 e. The van der Waals surface area contributed by atoms with E-state index in [0.717, 1.165) is 32.9 Å². The molecule has 0 bridgehead atoms. The van der Waals surface area contributed by atoms with E-state index in [2.05, 4.69) is 32.2 Å². The van der Waals surface area contributed by atoms with Crippen LogP contribution in [0.5, 0.6) is 0 Å². The van der Waals surface area contributed by atoms with E-state index in [-0.39, 0.29) is 6.04 Å². The Morgan fingerprint density at radius 1 is 1.19 bits per heavy atom. The molecule has 0 aliphatic rings. The van der Waals surface area contributed by atoms with Gasteiger partial charge < -0.3 is 10.3 Å². The average Bonchev–Trinajstić information content (AvgIpc) is 3.14. The summed E-state index contributed by atoms with van der Waals surface area (Å²) >= 11 is 1.61. The highest BCUT2D eigenvalue weighted by Gasteiger charge is 2.13. The number of rotatable bonds is 3. The third kappa shape index (κ3) is 2.13. The first-order valence-corrected chi connectivity index (χ1v) is 7.58. The van der Waals surface area contributed by atoms with Crippen LogP contribution in [0.4, 0.5) is 5.82 Å². The first-order valence-electron chi connectivity index (χ1n) is 6.70. The van der Waals surface area contributed by atoms with Crippen molar-refractivity contribution < 1.29 is 0 Å². The summed E-state index contributed by atoms with van der Waals surface area (Å²) in [6, 6.07) is 10.1. The van der Waals surface area contributed by atoms with Gasteiger partial charge in [-0.1, -0.05) is 12.1 Å². The molecule has 5 nitrogen and oxygen atoms in total. The molecule has 0 aliphatic heterocycles. The van der Waals surface area contributed by atoms with E-state index in [1.807, 2.05) is 35.7 Å². The molecule has 0 spiro atoms. The van der Waals surface area contributed by atoms with Gasteiger partial charge in [-0.05, 0) is 30.5 Å². The van der Waals surface area contributed by atoms with Crippen molar-refractivity contribution in [3.05, 3.63) is 47.9 Å². The monoisotopic (exact) mass is 295 g/mol. The van der Waals surface area contributed by atoms with E-state index in [4.69, 9.17) is 0 Å². The highest BCUT2D eigenvalue weighted by molar-refractivity contribution is 7.16. The predicted molar refractivity (Wildman–Crippen MR) is 85.5 cm³/mol. The Bertz CT molecular complexity index is 877. The van der Waals surface area contributed by atoms with Crippen LogP contribution in [0, 0.1) is 0 Å². The van der Waals surface area contributed by atoms with Crippen molar-refractivity contribution in [1.82, 2.24) is 19.9 Å². The first kappa shape index (κ1) is 12.3. The highest BCUT2D eigenvalue weighted by Crippen LogP contribution is 2.26. The second kappa shape index (κ2) is 4.82. The molecule has 0 amide bonds. The fraction of sp³-hybridized carbons (Fsp3) is 0.133. The van der Waals surface area contributed by atoms with Gasteiger partial charge in [0.2, 0.25) is 0 Å². The van der Waals surface area contributed by atoms with Crippen LogP contribution in [0.2, 0.25) is 0 Å². The number of aromatic nitrogens is 4. The number of para-hydroxylation sites is 2. The van der Waals surface area contributed by atoms with Crippen molar-refractivity contribution in [3.8, 4) is 0 Å². The summed E-state index contributed by atoms with van der Waals surface area (Å²) in [5.74, 6) is 1.74. The first-order chi connectivity index (χ1) is 10.3. The molecule has 0 saturated carbocycles. The van der Waals surface area contributed by atoms with Crippen molar-refractivity contribution in [2.75, 3.05) is 5.32 Å². The molecule has 2 N–H and O–H groups in total. The fourth-order valence-corrected chi connectivity index (χ4v) is 3.09. The Hall–Kier alpha value is -2.47.